The van der Waals surface area contributed by atoms with E-state index in [4.69, 9.17) is 12.2 Å². The second-order valence-corrected chi connectivity index (χ2v) is 6.27. The largest absolute Gasteiger partial charge is 0.331 e. The minimum Gasteiger partial charge on any atom is -0.331 e. The fourth-order valence-electron chi connectivity index (χ4n) is 2.35. The highest BCUT2D eigenvalue weighted by Crippen LogP contribution is 2.08. The van der Waals surface area contributed by atoms with E-state index in [0.29, 0.717) is 12.2 Å². The van der Waals surface area contributed by atoms with Crippen LogP contribution in [-0.4, -0.2) is 20.8 Å². The molecular weight excluding hydrogens is 377 g/mol. The van der Waals surface area contributed by atoms with Gasteiger partial charge in [-0.05, 0) is 48.1 Å². The van der Waals surface area contributed by atoms with Gasteiger partial charge in [0.2, 0.25) is 0 Å². The molecule has 8 heteroatoms. The van der Waals surface area contributed by atoms with Crippen LogP contribution in [0.1, 0.15) is 11.1 Å². The number of hydrazine groups is 1. The van der Waals surface area contributed by atoms with Crippen molar-refractivity contribution in [3.05, 3.63) is 90.0 Å². The van der Waals surface area contributed by atoms with Gasteiger partial charge in [-0.3, -0.25) is 20.3 Å². The number of thiocarbonyl (C=S) groups is 1. The van der Waals surface area contributed by atoms with E-state index in [1.807, 2.05) is 36.5 Å². The molecule has 0 aliphatic rings. The van der Waals surface area contributed by atoms with Gasteiger partial charge in [-0.2, -0.15) is 5.10 Å². The quantitative estimate of drug-likeness (QED) is 0.352. The van der Waals surface area contributed by atoms with Crippen molar-refractivity contribution in [1.82, 2.24) is 20.6 Å². The molecule has 3 N–H and O–H groups in total. The molecule has 3 rings (SSSR count). The molecule has 28 heavy (non-hydrogen) atoms. The number of benzene rings is 2. The molecule has 1 amide bonds. The third-order valence-corrected chi connectivity index (χ3v) is 3.87. The standard InChI is InChI=1S/C20H18FN5OS/c21-17-7-9-18(10-8-17)23-20(28)25-24-19(27)11-6-16-12-22-26(14-16)13-15-4-2-1-3-5-15/h1-12,14H,13H2,(H,24,27)(H2,23,25,28)/b11-6+. The number of carbonyl (C=O) groups excluding carboxylic acids is 1. The monoisotopic (exact) mass is 395 g/mol. The van der Waals surface area contributed by atoms with Crippen molar-refractivity contribution in [3.8, 4) is 0 Å². The number of hydrogen-bond donors (Lipinski definition) is 3. The lowest BCUT2D eigenvalue weighted by molar-refractivity contribution is -0.116. The summed E-state index contributed by atoms with van der Waals surface area (Å²) in [5.41, 5.74) is 7.58. The second kappa shape index (κ2) is 9.43. The molecule has 6 nitrogen and oxygen atoms in total. The molecular formula is C20H18FN5OS. The van der Waals surface area contributed by atoms with Crippen LogP contribution in [0.3, 0.4) is 0 Å². The summed E-state index contributed by atoms with van der Waals surface area (Å²) in [6.45, 7) is 0.658. The minimum atomic E-state index is -0.376. The first-order valence-electron chi connectivity index (χ1n) is 8.45. The van der Waals surface area contributed by atoms with Crippen LogP contribution < -0.4 is 16.2 Å². The van der Waals surface area contributed by atoms with Gasteiger partial charge in [-0.15, -0.1) is 0 Å². The Morgan fingerprint density at radius 1 is 1.11 bits per heavy atom. The molecule has 0 unspecified atom stereocenters. The van der Waals surface area contributed by atoms with Crippen molar-refractivity contribution < 1.29 is 9.18 Å². The highest BCUT2D eigenvalue weighted by atomic mass is 32.1. The highest BCUT2D eigenvalue weighted by molar-refractivity contribution is 7.80. The van der Waals surface area contributed by atoms with Crippen LogP contribution in [-0.2, 0) is 11.3 Å². The molecule has 1 heterocycles. The van der Waals surface area contributed by atoms with Gasteiger partial charge in [0.05, 0.1) is 12.7 Å². The molecule has 2 aromatic carbocycles. The molecule has 0 saturated carbocycles. The number of halogens is 1. The first-order chi connectivity index (χ1) is 13.6. The molecule has 0 spiro atoms. The topological polar surface area (TPSA) is 71.0 Å². The molecule has 3 aromatic rings. The summed E-state index contributed by atoms with van der Waals surface area (Å²) >= 11 is 5.06. The molecule has 0 saturated heterocycles. The van der Waals surface area contributed by atoms with Crippen molar-refractivity contribution >= 4 is 35.0 Å². The Hall–Kier alpha value is -3.52. The van der Waals surface area contributed by atoms with Crippen molar-refractivity contribution in [2.45, 2.75) is 6.54 Å². The van der Waals surface area contributed by atoms with Gasteiger partial charge < -0.3 is 5.32 Å². The van der Waals surface area contributed by atoms with Crippen molar-refractivity contribution in [2.24, 2.45) is 0 Å². The molecule has 0 fully saturated rings. The highest BCUT2D eigenvalue weighted by Gasteiger charge is 2.01. The zero-order chi connectivity index (χ0) is 19.8. The van der Waals surface area contributed by atoms with Gasteiger partial charge in [0.15, 0.2) is 5.11 Å². The number of nitrogens with zero attached hydrogens (tertiary/aromatic N) is 2. The molecule has 0 atom stereocenters. The number of rotatable bonds is 5. The van der Waals surface area contributed by atoms with Gasteiger partial charge >= 0.3 is 0 Å². The van der Waals surface area contributed by atoms with Crippen LogP contribution in [0.4, 0.5) is 10.1 Å². The molecule has 0 aliphatic carbocycles. The first kappa shape index (κ1) is 19.2. The molecule has 0 bridgehead atoms. The Morgan fingerprint density at radius 2 is 1.86 bits per heavy atom. The third-order valence-electron chi connectivity index (χ3n) is 3.67. The number of aromatic nitrogens is 2. The van der Waals surface area contributed by atoms with Crippen LogP contribution >= 0.6 is 12.2 Å². The van der Waals surface area contributed by atoms with Crippen LogP contribution in [0.25, 0.3) is 6.08 Å². The van der Waals surface area contributed by atoms with Gasteiger partial charge in [-0.25, -0.2) is 4.39 Å². The minimum absolute atomic E-state index is 0.184. The van der Waals surface area contributed by atoms with Crippen LogP contribution in [0.2, 0.25) is 0 Å². The fraction of sp³-hybridized carbons (Fsp3) is 0.0500. The number of anilines is 1. The summed E-state index contributed by atoms with van der Waals surface area (Å²) in [4.78, 5) is 11.9. The summed E-state index contributed by atoms with van der Waals surface area (Å²) in [5, 5.41) is 7.29. The lowest BCUT2D eigenvalue weighted by Gasteiger charge is -2.10. The number of hydrogen-bond acceptors (Lipinski definition) is 3. The van der Waals surface area contributed by atoms with Crippen LogP contribution in [0.5, 0.6) is 0 Å². The Balaban J connectivity index is 1.44. The Morgan fingerprint density at radius 3 is 2.61 bits per heavy atom. The summed E-state index contributed by atoms with van der Waals surface area (Å²) in [6, 6.07) is 15.7. The van der Waals surface area contributed by atoms with E-state index in [1.54, 1.807) is 17.0 Å². The molecule has 142 valence electrons. The van der Waals surface area contributed by atoms with E-state index >= 15 is 0 Å². The maximum Gasteiger partial charge on any atom is 0.262 e. The first-order valence-corrected chi connectivity index (χ1v) is 8.86. The number of nitrogens with one attached hydrogen (secondary N) is 3. The van der Waals surface area contributed by atoms with Gasteiger partial charge in [0, 0.05) is 23.5 Å². The summed E-state index contributed by atoms with van der Waals surface area (Å²) in [5.74, 6) is -0.714. The van der Waals surface area contributed by atoms with E-state index in [9.17, 15) is 9.18 Å². The maximum absolute atomic E-state index is 12.9. The predicted octanol–water partition coefficient (Wildman–Crippen LogP) is 3.10. The zero-order valence-corrected chi connectivity index (χ0v) is 15.6. The van der Waals surface area contributed by atoms with Gasteiger partial charge in [-0.1, -0.05) is 30.3 Å². The molecule has 1 aromatic heterocycles. The number of amides is 1. The van der Waals surface area contributed by atoms with Crippen LogP contribution in [0.15, 0.2) is 73.1 Å². The summed E-state index contributed by atoms with van der Waals surface area (Å²) in [6.07, 6.45) is 6.56. The SMILES string of the molecule is O=C(/C=C/c1cnn(Cc2ccccc2)c1)NNC(=S)Nc1ccc(F)cc1. The molecule has 0 radical (unpaired) electrons. The van der Waals surface area contributed by atoms with E-state index in [0.717, 1.165) is 11.1 Å². The average molecular weight is 395 g/mol. The lowest BCUT2D eigenvalue weighted by atomic mass is 10.2. The molecule has 0 aliphatic heterocycles. The van der Waals surface area contributed by atoms with Crippen molar-refractivity contribution in [2.75, 3.05) is 5.32 Å². The fourth-order valence-corrected chi connectivity index (χ4v) is 2.52. The Kier molecular flexibility index (Phi) is 6.48. The van der Waals surface area contributed by atoms with Crippen molar-refractivity contribution in [1.29, 1.82) is 0 Å². The normalized spacial score (nSPS) is 10.6. The Bertz CT molecular complexity index is 970. The lowest BCUT2D eigenvalue weighted by Crippen LogP contribution is -2.43. The average Bonchev–Trinajstić information content (AvgIpc) is 3.15. The van der Waals surface area contributed by atoms with E-state index < -0.39 is 0 Å². The van der Waals surface area contributed by atoms with E-state index in [2.05, 4.69) is 21.3 Å². The summed E-state index contributed by atoms with van der Waals surface area (Å²) < 4.78 is 14.7. The second-order valence-electron chi connectivity index (χ2n) is 5.87. The zero-order valence-electron chi connectivity index (χ0n) is 14.8. The smallest absolute Gasteiger partial charge is 0.262 e. The predicted molar refractivity (Wildman–Crippen MR) is 111 cm³/mol. The Labute approximate surface area is 167 Å². The maximum atomic E-state index is 12.9. The van der Waals surface area contributed by atoms with Crippen LogP contribution in [0, 0.1) is 5.82 Å². The number of carbonyl (C=O) groups is 1. The summed E-state index contributed by atoms with van der Waals surface area (Å²) in [7, 11) is 0. The third kappa shape index (κ3) is 6.03. The van der Waals surface area contributed by atoms with E-state index in [1.165, 1.54) is 30.3 Å². The van der Waals surface area contributed by atoms with Gasteiger partial charge in [0.25, 0.3) is 5.91 Å². The van der Waals surface area contributed by atoms with Gasteiger partial charge in [0.1, 0.15) is 5.82 Å². The van der Waals surface area contributed by atoms with E-state index in [-0.39, 0.29) is 16.8 Å². The van der Waals surface area contributed by atoms with Crippen molar-refractivity contribution in [3.63, 3.8) is 0 Å².